The Labute approximate surface area is 387 Å². The average molecular weight is 860 g/mol. The molecule has 0 radical (unpaired) electrons. The largest absolute Gasteiger partial charge is 0.456 e. The smallest absolute Gasteiger partial charge is 0.140 e. The summed E-state index contributed by atoms with van der Waals surface area (Å²) >= 11 is 1.87. The topological polar surface area (TPSA) is 16.4 Å². The van der Waals surface area contributed by atoms with Crippen LogP contribution >= 0.6 is 11.3 Å². The minimum absolute atomic E-state index is 0.514. The van der Waals surface area contributed by atoms with Crippen LogP contribution in [0.15, 0.2) is 235 Å². The fourth-order valence-electron chi connectivity index (χ4n) is 12.0. The zero-order valence-corrected chi connectivity index (χ0v) is 37.0. The number of nitrogens with zero attached hydrogens (tertiary/aromatic N) is 1. The van der Waals surface area contributed by atoms with Gasteiger partial charge < -0.3 is 9.32 Å². The maximum Gasteiger partial charge on any atom is 0.140 e. The van der Waals surface area contributed by atoms with Crippen LogP contribution in [0, 0.1) is 0 Å². The normalized spacial score (nSPS) is 14.1. The molecule has 2 nitrogen and oxygen atoms in total. The molecule has 0 saturated heterocycles. The first-order chi connectivity index (χ1) is 32.6. The first kappa shape index (κ1) is 37.4. The van der Waals surface area contributed by atoms with Crippen molar-refractivity contribution in [1.82, 2.24) is 0 Å². The molecule has 2 aliphatic rings. The Morgan fingerprint density at radius 3 is 1.65 bits per heavy atom. The zero-order chi connectivity index (χ0) is 43.6. The molecule has 0 bridgehead atoms. The van der Waals surface area contributed by atoms with Crippen LogP contribution in [-0.4, -0.2) is 0 Å². The number of anilines is 3. The van der Waals surface area contributed by atoms with Crippen LogP contribution < -0.4 is 4.90 Å². The van der Waals surface area contributed by atoms with Crippen LogP contribution in [0.5, 0.6) is 0 Å². The Kier molecular flexibility index (Phi) is 7.94. The van der Waals surface area contributed by atoms with Gasteiger partial charge in [0, 0.05) is 48.6 Å². The van der Waals surface area contributed by atoms with E-state index >= 15 is 0 Å². The molecular weight excluding hydrogens is 819 g/mol. The summed E-state index contributed by atoms with van der Waals surface area (Å²) in [4.78, 5) is 2.54. The lowest BCUT2D eigenvalue weighted by atomic mass is 9.67. The fourth-order valence-corrected chi connectivity index (χ4v) is 13.2. The third-order valence-corrected chi connectivity index (χ3v) is 16.0. The van der Waals surface area contributed by atoms with Gasteiger partial charge in [-0.2, -0.15) is 0 Å². The van der Waals surface area contributed by atoms with E-state index in [1.54, 1.807) is 0 Å². The molecule has 0 atom stereocenters. The molecule has 10 aromatic carbocycles. The number of rotatable bonds is 6. The highest BCUT2D eigenvalue weighted by atomic mass is 32.1. The Morgan fingerprint density at radius 1 is 0.394 bits per heavy atom. The molecule has 14 rings (SSSR count). The third-order valence-electron chi connectivity index (χ3n) is 14.8. The maximum absolute atomic E-state index is 7.05. The molecule has 0 unspecified atom stereocenters. The molecular formula is C63H41NOS. The summed E-state index contributed by atoms with van der Waals surface area (Å²) in [5.74, 6) is 0. The molecule has 12 aromatic rings. The summed E-state index contributed by atoms with van der Waals surface area (Å²) in [5, 5.41) is 4.75. The number of furan rings is 1. The van der Waals surface area contributed by atoms with Crippen molar-refractivity contribution in [2.45, 2.75) is 17.8 Å². The molecule has 0 saturated carbocycles. The van der Waals surface area contributed by atoms with Gasteiger partial charge in [0.05, 0.1) is 15.8 Å². The highest BCUT2D eigenvalue weighted by molar-refractivity contribution is 7.26. The summed E-state index contributed by atoms with van der Waals surface area (Å²) in [6.07, 6.45) is 0. The lowest BCUT2D eigenvalue weighted by Gasteiger charge is -2.35. The van der Waals surface area contributed by atoms with E-state index in [0.29, 0.717) is 0 Å². The Hall–Kier alpha value is -7.98. The van der Waals surface area contributed by atoms with Gasteiger partial charge in [-0.15, -0.1) is 11.3 Å². The molecule has 66 heavy (non-hydrogen) atoms. The SMILES string of the molecule is CC1(c2cc(N(c3ccc4c(c3)C(c3ccccc3)(c3ccccc3)c3ccccc3-4)c3cccc4c3sc3ccccc34)cc3c2oc2ccccc23)c2ccccc2-c2ccccc21. The summed E-state index contributed by atoms with van der Waals surface area (Å²) in [7, 11) is 0. The van der Waals surface area contributed by atoms with E-state index < -0.39 is 10.8 Å². The number of hydrogen-bond acceptors (Lipinski definition) is 3. The van der Waals surface area contributed by atoms with Gasteiger partial charge in [-0.25, -0.2) is 0 Å². The first-order valence-electron chi connectivity index (χ1n) is 22.8. The highest BCUT2D eigenvalue weighted by Gasteiger charge is 2.47. The van der Waals surface area contributed by atoms with E-state index in [1.807, 2.05) is 11.3 Å². The van der Waals surface area contributed by atoms with Crippen molar-refractivity contribution in [2.75, 3.05) is 4.90 Å². The number of hydrogen-bond donors (Lipinski definition) is 0. The van der Waals surface area contributed by atoms with E-state index in [-0.39, 0.29) is 0 Å². The van der Waals surface area contributed by atoms with Crippen molar-refractivity contribution in [1.29, 1.82) is 0 Å². The van der Waals surface area contributed by atoms with Gasteiger partial charge in [0.15, 0.2) is 0 Å². The number of fused-ring (bicyclic) bond motifs is 12. The van der Waals surface area contributed by atoms with Crippen molar-refractivity contribution < 1.29 is 4.42 Å². The lowest BCUT2D eigenvalue weighted by molar-refractivity contribution is 0.638. The second-order valence-electron chi connectivity index (χ2n) is 18.0. The summed E-state index contributed by atoms with van der Waals surface area (Å²) < 4.78 is 9.58. The van der Waals surface area contributed by atoms with Crippen molar-refractivity contribution in [3.05, 3.63) is 269 Å². The summed E-state index contributed by atoms with van der Waals surface area (Å²) in [5.41, 5.74) is 17.9. The molecule has 3 heteroatoms. The highest BCUT2D eigenvalue weighted by Crippen LogP contribution is 2.59. The predicted octanol–water partition coefficient (Wildman–Crippen LogP) is 17.1. The van der Waals surface area contributed by atoms with E-state index in [1.165, 1.54) is 75.8 Å². The molecule has 310 valence electrons. The number of thiophene rings is 1. The summed E-state index contributed by atoms with van der Waals surface area (Å²) in [6.45, 7) is 2.40. The van der Waals surface area contributed by atoms with E-state index in [2.05, 4.69) is 242 Å². The van der Waals surface area contributed by atoms with E-state index in [9.17, 15) is 0 Å². The quantitative estimate of drug-likeness (QED) is 0.166. The first-order valence-corrected chi connectivity index (χ1v) is 23.6. The minimum Gasteiger partial charge on any atom is -0.456 e. The molecule has 2 heterocycles. The Bertz CT molecular complexity index is 3830. The second kappa shape index (κ2) is 14.0. The van der Waals surface area contributed by atoms with Crippen LogP contribution in [-0.2, 0) is 10.8 Å². The average Bonchev–Trinajstić information content (AvgIpc) is 4.11. The molecule has 0 fully saturated rings. The van der Waals surface area contributed by atoms with Gasteiger partial charge in [0.25, 0.3) is 0 Å². The molecule has 0 spiro atoms. The molecule has 0 amide bonds. The van der Waals surface area contributed by atoms with Crippen LogP contribution in [0.4, 0.5) is 17.1 Å². The van der Waals surface area contributed by atoms with Gasteiger partial charge in [0.1, 0.15) is 11.2 Å². The Morgan fingerprint density at radius 2 is 0.939 bits per heavy atom. The van der Waals surface area contributed by atoms with Gasteiger partial charge in [-0.1, -0.05) is 188 Å². The standard InChI is InChI=1S/C63H41NOS/c1-62(52-29-13-8-23-44(52)45-24-9-14-30-53(45)62)56-39-43(37-51-48-26-11-16-33-58(48)65-60(51)56)64(57-32-18-28-50-49-27-12-17-34-59(49)66-61(50)57)42-35-36-47-46-25-10-15-31-54(46)63(55(47)38-42,40-19-4-2-5-20-40)41-21-6-3-7-22-41/h2-39H,1H3. The second-order valence-corrected chi connectivity index (χ2v) is 19.1. The number of benzene rings is 10. The van der Waals surface area contributed by atoms with Crippen molar-refractivity contribution in [3.8, 4) is 22.3 Å². The monoisotopic (exact) mass is 859 g/mol. The van der Waals surface area contributed by atoms with Crippen LogP contribution in [0.1, 0.15) is 45.9 Å². The minimum atomic E-state index is -0.555. The van der Waals surface area contributed by atoms with Crippen LogP contribution in [0.25, 0.3) is 64.4 Å². The number of para-hydroxylation sites is 1. The zero-order valence-electron chi connectivity index (χ0n) is 36.2. The van der Waals surface area contributed by atoms with Crippen LogP contribution in [0.2, 0.25) is 0 Å². The van der Waals surface area contributed by atoms with Gasteiger partial charge in [0.2, 0.25) is 0 Å². The van der Waals surface area contributed by atoms with E-state index in [0.717, 1.165) is 44.6 Å². The molecule has 2 aromatic heterocycles. The molecule has 0 aliphatic heterocycles. The molecule has 0 N–H and O–H groups in total. The van der Waals surface area contributed by atoms with E-state index in [4.69, 9.17) is 4.42 Å². The van der Waals surface area contributed by atoms with Gasteiger partial charge in [-0.05, 0) is 105 Å². The maximum atomic E-state index is 7.05. The van der Waals surface area contributed by atoms with Gasteiger partial charge in [-0.3, -0.25) is 0 Å². The predicted molar refractivity (Wildman–Crippen MR) is 276 cm³/mol. The Balaban J connectivity index is 1.11. The van der Waals surface area contributed by atoms with Crippen molar-refractivity contribution in [2.24, 2.45) is 0 Å². The lowest BCUT2D eigenvalue weighted by Crippen LogP contribution is -2.28. The van der Waals surface area contributed by atoms with Crippen molar-refractivity contribution >= 4 is 70.5 Å². The molecule has 2 aliphatic carbocycles. The third kappa shape index (κ3) is 5.01. The fraction of sp³-hybridized carbons (Fsp3) is 0.0476. The van der Waals surface area contributed by atoms with Crippen LogP contribution in [0.3, 0.4) is 0 Å². The van der Waals surface area contributed by atoms with Gasteiger partial charge >= 0.3 is 0 Å². The van der Waals surface area contributed by atoms with Crippen molar-refractivity contribution in [3.63, 3.8) is 0 Å². The summed E-state index contributed by atoms with van der Waals surface area (Å²) in [6, 6.07) is 85.4.